The Morgan fingerprint density at radius 3 is 2.85 bits per heavy atom. The largest absolute Gasteiger partial charge is 0.440 e. The second-order valence-corrected chi connectivity index (χ2v) is 5.21. The second-order valence-electron chi connectivity index (χ2n) is 3.54. The Morgan fingerprint density at radius 1 is 1.35 bits per heavy atom. The summed E-state index contributed by atoms with van der Waals surface area (Å²) in [6, 6.07) is 5.45. The number of hydrogen-bond donors (Lipinski definition) is 2. The molecule has 2 heterocycles. The maximum Gasteiger partial charge on any atom is 0.405 e. The fraction of sp³-hybridized carbons (Fsp3) is 0.0909. The van der Waals surface area contributed by atoms with E-state index in [-0.39, 0.29) is 0 Å². The van der Waals surface area contributed by atoms with Gasteiger partial charge in [0.25, 0.3) is 5.91 Å². The minimum absolute atomic E-state index is 0.389. The first-order valence-corrected chi connectivity index (χ1v) is 7.02. The highest BCUT2D eigenvalue weighted by Gasteiger charge is 2.10. The van der Waals surface area contributed by atoms with Crippen LogP contribution < -0.4 is 11.1 Å². The van der Waals surface area contributed by atoms with Gasteiger partial charge in [0.2, 0.25) is 0 Å². The molecule has 0 fully saturated rings. The van der Waals surface area contributed by atoms with Crippen LogP contribution in [0.1, 0.15) is 0 Å². The quantitative estimate of drug-likeness (QED) is 0.814. The van der Waals surface area contributed by atoms with Crippen molar-refractivity contribution in [1.82, 2.24) is 9.97 Å². The van der Waals surface area contributed by atoms with Crippen molar-refractivity contribution in [3.8, 4) is 11.4 Å². The number of nitrogens with one attached hydrogen (secondary N) is 1. The van der Waals surface area contributed by atoms with Gasteiger partial charge in [-0.3, -0.25) is 10.1 Å². The number of aromatic nitrogens is 2. The van der Waals surface area contributed by atoms with E-state index in [0.717, 1.165) is 0 Å². The van der Waals surface area contributed by atoms with Gasteiger partial charge in [-0.25, -0.2) is 14.8 Å². The number of nitrogens with zero attached hydrogens (tertiary/aromatic N) is 2. The minimum atomic E-state index is -1.00. The van der Waals surface area contributed by atoms with E-state index in [1.54, 1.807) is 11.4 Å². The number of carbonyl (C=O) groups excluding carboxylic acids is 2. The maximum atomic E-state index is 11.4. The Kier molecular flexibility index (Phi) is 4.64. The van der Waals surface area contributed by atoms with Gasteiger partial charge < -0.3 is 10.5 Å². The number of anilines is 1. The smallest absolute Gasteiger partial charge is 0.405 e. The Labute approximate surface area is 126 Å². The van der Waals surface area contributed by atoms with Crippen LogP contribution in [0.25, 0.3) is 11.4 Å². The molecule has 0 aliphatic rings. The molecule has 104 valence electrons. The number of carbonyl (C=O) groups is 2. The first-order chi connectivity index (χ1) is 9.54. The molecule has 0 saturated heterocycles. The number of thiazole rings is 1. The molecule has 20 heavy (non-hydrogen) atoms. The van der Waals surface area contributed by atoms with E-state index in [0.29, 0.717) is 21.1 Å². The van der Waals surface area contributed by atoms with Crippen molar-refractivity contribution in [2.24, 2.45) is 5.73 Å². The Bertz CT molecular complexity index is 646. The van der Waals surface area contributed by atoms with Crippen LogP contribution in [0, 0.1) is 0 Å². The highest BCUT2D eigenvalue weighted by Crippen LogP contribution is 2.24. The lowest BCUT2D eigenvalue weighted by atomic mass is 10.3. The second kappa shape index (κ2) is 6.44. The van der Waals surface area contributed by atoms with Gasteiger partial charge in [0.05, 0.1) is 5.69 Å². The zero-order valence-corrected chi connectivity index (χ0v) is 12.4. The number of primary amides is 1. The molecular formula is C11H9BrN4O3S. The third kappa shape index (κ3) is 4.00. The monoisotopic (exact) mass is 356 g/mol. The zero-order chi connectivity index (χ0) is 14.5. The van der Waals surface area contributed by atoms with E-state index in [1.165, 1.54) is 11.3 Å². The van der Waals surface area contributed by atoms with Crippen LogP contribution in [-0.4, -0.2) is 28.6 Å². The van der Waals surface area contributed by atoms with Crippen molar-refractivity contribution >= 4 is 44.4 Å². The molecule has 2 aromatic heterocycles. The maximum absolute atomic E-state index is 11.4. The molecule has 0 unspecified atom stereocenters. The number of rotatable bonds is 4. The van der Waals surface area contributed by atoms with Gasteiger partial charge in [-0.2, -0.15) is 0 Å². The van der Waals surface area contributed by atoms with Crippen molar-refractivity contribution in [3.63, 3.8) is 0 Å². The molecular weight excluding hydrogens is 348 g/mol. The van der Waals surface area contributed by atoms with Crippen LogP contribution in [0.3, 0.4) is 0 Å². The molecule has 2 amide bonds. The van der Waals surface area contributed by atoms with E-state index in [1.807, 2.05) is 12.1 Å². The van der Waals surface area contributed by atoms with Crippen LogP contribution in [0.15, 0.2) is 28.2 Å². The molecule has 2 aromatic rings. The van der Waals surface area contributed by atoms with Gasteiger partial charge in [0.1, 0.15) is 10.3 Å². The average Bonchev–Trinajstić information content (AvgIpc) is 2.85. The molecule has 0 spiro atoms. The molecule has 7 nitrogen and oxygen atoms in total. The summed E-state index contributed by atoms with van der Waals surface area (Å²) >= 11 is 4.52. The molecule has 0 radical (unpaired) electrons. The standard InChI is InChI=1S/C11H9BrN4O3S/c12-8-3-1-2-6(14-8)7-5-20-11(15-7)16-9(17)4-19-10(13)18/h1-3,5H,4H2,(H2,13,18)(H,15,16,17). The molecule has 9 heteroatoms. The summed E-state index contributed by atoms with van der Waals surface area (Å²) in [5, 5.41) is 4.65. The topological polar surface area (TPSA) is 107 Å². The van der Waals surface area contributed by atoms with Crippen molar-refractivity contribution in [1.29, 1.82) is 0 Å². The van der Waals surface area contributed by atoms with E-state index in [9.17, 15) is 9.59 Å². The average molecular weight is 357 g/mol. The summed E-state index contributed by atoms with van der Waals surface area (Å²) < 4.78 is 5.07. The molecule has 0 aliphatic heterocycles. The lowest BCUT2D eigenvalue weighted by molar-refractivity contribution is -0.118. The van der Waals surface area contributed by atoms with Crippen LogP contribution >= 0.6 is 27.3 Å². The molecule has 0 aromatic carbocycles. The van der Waals surface area contributed by atoms with Gasteiger partial charge in [0, 0.05) is 5.38 Å². The lowest BCUT2D eigenvalue weighted by Gasteiger charge is -2.01. The highest BCUT2D eigenvalue weighted by molar-refractivity contribution is 9.10. The van der Waals surface area contributed by atoms with Crippen LogP contribution in [-0.2, 0) is 9.53 Å². The molecule has 2 rings (SSSR count). The zero-order valence-electron chi connectivity index (χ0n) is 10.00. The van der Waals surface area contributed by atoms with E-state index in [2.05, 4.69) is 36.0 Å². The van der Waals surface area contributed by atoms with Crippen LogP contribution in [0.4, 0.5) is 9.93 Å². The molecule has 3 N–H and O–H groups in total. The predicted octanol–water partition coefficient (Wildman–Crippen LogP) is 2.00. The molecule has 0 saturated carbocycles. The normalized spacial score (nSPS) is 10.1. The fourth-order valence-electron chi connectivity index (χ4n) is 1.29. The van der Waals surface area contributed by atoms with Crippen LogP contribution in [0.2, 0.25) is 0 Å². The summed E-state index contributed by atoms with van der Waals surface area (Å²) in [6.45, 7) is -0.445. The number of halogens is 1. The lowest BCUT2D eigenvalue weighted by Crippen LogP contribution is -2.23. The Balaban J connectivity index is 2.02. The predicted molar refractivity (Wildman–Crippen MR) is 77.2 cm³/mol. The summed E-state index contributed by atoms with van der Waals surface area (Å²) in [5.74, 6) is -0.507. The number of amides is 2. The fourth-order valence-corrected chi connectivity index (χ4v) is 2.36. The van der Waals surface area contributed by atoms with E-state index >= 15 is 0 Å². The third-order valence-electron chi connectivity index (χ3n) is 2.07. The van der Waals surface area contributed by atoms with Gasteiger partial charge >= 0.3 is 6.09 Å². The van der Waals surface area contributed by atoms with E-state index in [4.69, 9.17) is 5.73 Å². The van der Waals surface area contributed by atoms with Crippen molar-refractivity contribution < 1.29 is 14.3 Å². The SMILES string of the molecule is NC(=O)OCC(=O)Nc1nc(-c2cccc(Br)n2)cs1. The van der Waals surface area contributed by atoms with Crippen LogP contribution in [0.5, 0.6) is 0 Å². The summed E-state index contributed by atoms with van der Waals surface area (Å²) in [4.78, 5) is 30.3. The number of ether oxygens (including phenoxy) is 1. The first-order valence-electron chi connectivity index (χ1n) is 5.35. The summed E-state index contributed by atoms with van der Waals surface area (Å²) in [6.07, 6.45) is -1.00. The molecule has 0 atom stereocenters. The van der Waals surface area contributed by atoms with Gasteiger partial charge in [-0.1, -0.05) is 6.07 Å². The van der Waals surface area contributed by atoms with Crippen molar-refractivity contribution in [2.75, 3.05) is 11.9 Å². The molecule has 0 bridgehead atoms. The highest BCUT2D eigenvalue weighted by atomic mass is 79.9. The minimum Gasteiger partial charge on any atom is -0.440 e. The van der Waals surface area contributed by atoms with E-state index < -0.39 is 18.6 Å². The number of pyridine rings is 1. The Hall–Kier alpha value is -2.00. The summed E-state index contributed by atoms with van der Waals surface area (Å²) in [7, 11) is 0. The number of nitrogens with two attached hydrogens (primary N) is 1. The van der Waals surface area contributed by atoms with Gasteiger partial charge in [-0.05, 0) is 28.1 Å². The first kappa shape index (κ1) is 14.4. The Morgan fingerprint density at radius 2 is 2.15 bits per heavy atom. The summed E-state index contributed by atoms with van der Waals surface area (Å²) in [5.41, 5.74) is 6.09. The van der Waals surface area contributed by atoms with Crippen molar-refractivity contribution in [3.05, 3.63) is 28.2 Å². The molecule has 0 aliphatic carbocycles. The third-order valence-corrected chi connectivity index (χ3v) is 3.27. The van der Waals surface area contributed by atoms with Gasteiger partial charge in [-0.15, -0.1) is 11.3 Å². The van der Waals surface area contributed by atoms with Crippen molar-refractivity contribution in [2.45, 2.75) is 0 Å². The van der Waals surface area contributed by atoms with Gasteiger partial charge in [0.15, 0.2) is 11.7 Å². The number of hydrogen-bond acceptors (Lipinski definition) is 6.